The number of benzene rings is 1. The maximum Gasteiger partial charge on any atom is 0.257 e. The Morgan fingerprint density at radius 3 is 2.46 bits per heavy atom. The van der Waals surface area contributed by atoms with Crippen LogP contribution in [-0.2, 0) is 10.0 Å². The number of carbonyl (C=O) groups excluding carboxylic acids is 1. The molecule has 0 radical (unpaired) electrons. The fraction of sp³-hybridized carbons (Fsp3) is 0.667. The van der Waals surface area contributed by atoms with Crippen LogP contribution in [0.2, 0.25) is 0 Å². The first-order valence-corrected chi connectivity index (χ1v) is 12.0. The van der Waals surface area contributed by atoms with Gasteiger partial charge in [-0.2, -0.15) is 0 Å². The third-order valence-electron chi connectivity index (χ3n) is 6.65. The number of ether oxygens (including phenoxy) is 1. The molecule has 154 valence electrons. The molecule has 0 spiro atoms. The van der Waals surface area contributed by atoms with E-state index >= 15 is 0 Å². The minimum Gasteiger partial charge on any atom is -0.496 e. The number of nitrogens with one attached hydrogen (secondary N) is 1. The summed E-state index contributed by atoms with van der Waals surface area (Å²) in [6.45, 7) is 1.42. The Hall–Kier alpha value is -1.60. The fourth-order valence-electron chi connectivity index (χ4n) is 5.12. The summed E-state index contributed by atoms with van der Waals surface area (Å²) >= 11 is 0. The van der Waals surface area contributed by atoms with E-state index in [0.717, 1.165) is 44.9 Å². The van der Waals surface area contributed by atoms with E-state index < -0.39 is 10.0 Å². The molecule has 1 aliphatic heterocycles. The average molecular weight is 407 g/mol. The second kappa shape index (κ2) is 8.03. The summed E-state index contributed by atoms with van der Waals surface area (Å²) in [5, 5.41) is 0. The lowest BCUT2D eigenvalue weighted by atomic mass is 9.96. The first-order valence-electron chi connectivity index (χ1n) is 10.5. The van der Waals surface area contributed by atoms with Crippen LogP contribution >= 0.6 is 0 Å². The summed E-state index contributed by atoms with van der Waals surface area (Å²) in [6.07, 6.45) is 8.62. The highest BCUT2D eigenvalue weighted by Crippen LogP contribution is 2.44. The van der Waals surface area contributed by atoms with Crippen LogP contribution in [0.25, 0.3) is 0 Å². The molecule has 3 atom stereocenters. The van der Waals surface area contributed by atoms with E-state index in [0.29, 0.717) is 36.2 Å². The van der Waals surface area contributed by atoms with Crippen LogP contribution in [-0.4, -0.2) is 45.5 Å². The minimum absolute atomic E-state index is 0.0237. The van der Waals surface area contributed by atoms with Crippen molar-refractivity contribution in [3.8, 4) is 5.75 Å². The minimum atomic E-state index is -3.66. The van der Waals surface area contributed by atoms with Crippen molar-refractivity contribution in [2.45, 2.75) is 62.3 Å². The highest BCUT2D eigenvalue weighted by molar-refractivity contribution is 7.89. The van der Waals surface area contributed by atoms with Crippen molar-refractivity contribution < 1.29 is 17.9 Å². The van der Waals surface area contributed by atoms with Crippen molar-refractivity contribution >= 4 is 15.9 Å². The molecule has 1 N–H and O–H groups in total. The molecular weight excluding hydrogens is 376 g/mol. The van der Waals surface area contributed by atoms with Crippen molar-refractivity contribution in [3.63, 3.8) is 0 Å². The Morgan fingerprint density at radius 2 is 1.86 bits per heavy atom. The van der Waals surface area contributed by atoms with Gasteiger partial charge in [-0.05, 0) is 62.1 Å². The number of nitrogens with zero attached hydrogens (tertiary/aromatic N) is 1. The second-order valence-electron chi connectivity index (χ2n) is 8.47. The lowest BCUT2D eigenvalue weighted by Crippen LogP contribution is -2.38. The van der Waals surface area contributed by atoms with Gasteiger partial charge >= 0.3 is 0 Å². The summed E-state index contributed by atoms with van der Waals surface area (Å²) < 4.78 is 34.3. The van der Waals surface area contributed by atoms with E-state index in [1.54, 1.807) is 6.07 Å². The molecule has 1 saturated heterocycles. The average Bonchev–Trinajstić information content (AvgIpc) is 3.19. The first kappa shape index (κ1) is 19.7. The van der Waals surface area contributed by atoms with Gasteiger partial charge in [0.05, 0.1) is 17.6 Å². The number of hydrogen-bond donors (Lipinski definition) is 1. The van der Waals surface area contributed by atoms with Crippen LogP contribution in [0.3, 0.4) is 0 Å². The summed E-state index contributed by atoms with van der Waals surface area (Å²) in [5.41, 5.74) is 0.334. The highest BCUT2D eigenvalue weighted by atomic mass is 32.2. The molecule has 6 nitrogen and oxygen atoms in total. The number of sulfonamides is 1. The Morgan fingerprint density at radius 1 is 1.11 bits per heavy atom. The van der Waals surface area contributed by atoms with Crippen LogP contribution in [0.15, 0.2) is 23.1 Å². The Balaban J connectivity index is 1.57. The lowest BCUT2D eigenvalue weighted by Gasteiger charge is -2.24. The number of rotatable bonds is 5. The van der Waals surface area contributed by atoms with Crippen molar-refractivity contribution in [1.29, 1.82) is 0 Å². The van der Waals surface area contributed by atoms with E-state index in [1.807, 2.05) is 4.90 Å². The molecule has 3 aliphatic rings. The van der Waals surface area contributed by atoms with E-state index in [-0.39, 0.29) is 16.8 Å². The van der Waals surface area contributed by atoms with E-state index in [2.05, 4.69) is 4.72 Å². The van der Waals surface area contributed by atoms with Gasteiger partial charge in [0.25, 0.3) is 5.91 Å². The predicted molar refractivity (Wildman–Crippen MR) is 107 cm³/mol. The predicted octanol–water partition coefficient (Wildman–Crippen LogP) is 3.18. The Kier molecular flexibility index (Phi) is 5.65. The van der Waals surface area contributed by atoms with Crippen molar-refractivity contribution in [2.75, 3.05) is 20.2 Å². The number of likely N-dealkylation sites (tertiary alicyclic amines) is 1. The van der Waals surface area contributed by atoms with Gasteiger partial charge in [0.15, 0.2) is 0 Å². The first-order chi connectivity index (χ1) is 13.5. The molecule has 1 heterocycles. The molecule has 0 aromatic heterocycles. The van der Waals surface area contributed by atoms with E-state index in [1.165, 1.54) is 25.7 Å². The molecule has 3 fully saturated rings. The highest BCUT2D eigenvalue weighted by Gasteiger charge is 2.41. The topological polar surface area (TPSA) is 75.7 Å². The van der Waals surface area contributed by atoms with Gasteiger partial charge in [0.1, 0.15) is 5.75 Å². The number of methoxy groups -OCH3 is 1. The number of amides is 1. The van der Waals surface area contributed by atoms with Crippen molar-refractivity contribution in [1.82, 2.24) is 9.62 Å². The molecule has 4 rings (SSSR count). The van der Waals surface area contributed by atoms with Crippen molar-refractivity contribution in [2.24, 2.45) is 11.8 Å². The Bertz CT molecular complexity index is 831. The number of hydrogen-bond acceptors (Lipinski definition) is 4. The summed E-state index contributed by atoms with van der Waals surface area (Å²) in [7, 11) is -2.15. The monoisotopic (exact) mass is 406 g/mol. The van der Waals surface area contributed by atoms with Crippen molar-refractivity contribution in [3.05, 3.63) is 23.8 Å². The second-order valence-corrected chi connectivity index (χ2v) is 10.2. The largest absolute Gasteiger partial charge is 0.496 e. The van der Waals surface area contributed by atoms with Gasteiger partial charge < -0.3 is 9.64 Å². The van der Waals surface area contributed by atoms with Crippen LogP contribution in [0.5, 0.6) is 5.75 Å². The SMILES string of the molecule is COc1ccc(S(=O)(=O)N[C@@H]2C[C@H]3CC[C@H]2C3)cc1C(=O)N1CCCCCC1. The lowest BCUT2D eigenvalue weighted by molar-refractivity contribution is 0.0758. The van der Waals surface area contributed by atoms with Gasteiger partial charge in [0.2, 0.25) is 10.0 Å². The van der Waals surface area contributed by atoms with Gasteiger partial charge in [-0.1, -0.05) is 19.3 Å². The quantitative estimate of drug-likeness (QED) is 0.815. The maximum absolute atomic E-state index is 13.1. The molecular formula is C21H30N2O4S. The van der Waals surface area contributed by atoms with Gasteiger partial charge in [-0.15, -0.1) is 0 Å². The van der Waals surface area contributed by atoms with Crippen LogP contribution in [0, 0.1) is 11.8 Å². The van der Waals surface area contributed by atoms with Crippen LogP contribution in [0.4, 0.5) is 0 Å². The molecule has 2 bridgehead atoms. The molecule has 0 unspecified atom stereocenters. The molecule has 1 aromatic rings. The molecule has 28 heavy (non-hydrogen) atoms. The van der Waals surface area contributed by atoms with Crippen LogP contribution < -0.4 is 9.46 Å². The summed E-state index contributed by atoms with van der Waals surface area (Å²) in [6, 6.07) is 4.64. The smallest absolute Gasteiger partial charge is 0.257 e. The number of fused-ring (bicyclic) bond motifs is 2. The zero-order chi connectivity index (χ0) is 19.7. The summed E-state index contributed by atoms with van der Waals surface area (Å²) in [4.78, 5) is 15.1. The standard InChI is InChI=1S/C21H30N2O4S/c1-27-20-9-8-17(14-18(20)21(24)23-10-4-2-3-5-11-23)28(25,26)22-19-13-15-6-7-16(19)12-15/h8-9,14-16,19,22H,2-7,10-13H2,1H3/t15-,16-,19+/m0/s1. The summed E-state index contributed by atoms with van der Waals surface area (Å²) in [5.74, 6) is 1.40. The van der Waals surface area contributed by atoms with Gasteiger partial charge in [-0.3, -0.25) is 4.79 Å². The zero-order valence-corrected chi connectivity index (χ0v) is 17.3. The van der Waals surface area contributed by atoms with E-state index in [9.17, 15) is 13.2 Å². The maximum atomic E-state index is 13.1. The molecule has 1 amide bonds. The molecule has 2 saturated carbocycles. The van der Waals surface area contributed by atoms with Gasteiger partial charge in [-0.25, -0.2) is 13.1 Å². The normalized spacial score (nSPS) is 27.6. The van der Waals surface area contributed by atoms with Gasteiger partial charge in [0, 0.05) is 19.1 Å². The third-order valence-corrected chi connectivity index (χ3v) is 8.14. The molecule has 2 aliphatic carbocycles. The third kappa shape index (κ3) is 3.92. The fourth-order valence-corrected chi connectivity index (χ4v) is 6.47. The molecule has 1 aromatic carbocycles. The molecule has 7 heteroatoms. The zero-order valence-electron chi connectivity index (χ0n) is 16.5. The Labute approximate surface area is 167 Å². The van der Waals surface area contributed by atoms with E-state index in [4.69, 9.17) is 4.74 Å². The number of carbonyl (C=O) groups is 1. The van der Waals surface area contributed by atoms with Crippen LogP contribution in [0.1, 0.15) is 61.7 Å².